The van der Waals surface area contributed by atoms with E-state index in [2.05, 4.69) is 0 Å². The zero-order valence-electron chi connectivity index (χ0n) is 15.4. The van der Waals surface area contributed by atoms with Gasteiger partial charge in [0.25, 0.3) is 0 Å². The summed E-state index contributed by atoms with van der Waals surface area (Å²) in [5.41, 5.74) is 0.736. The number of esters is 2. The van der Waals surface area contributed by atoms with Crippen LogP contribution in [0, 0.1) is 0 Å². The number of hydrogen-bond donors (Lipinski definition) is 0. The Morgan fingerprint density at radius 1 is 0.607 bits per heavy atom. The summed E-state index contributed by atoms with van der Waals surface area (Å²) in [7, 11) is 0. The number of ether oxygens (including phenoxy) is 2. The molecule has 7 heteroatoms. The minimum atomic E-state index is -0.665. The highest BCUT2D eigenvalue weighted by atomic mass is 16.5. The first-order valence-corrected chi connectivity index (χ1v) is 8.39. The molecule has 2 aromatic carbocycles. The smallest absolute Gasteiger partial charge is 0.318 e. The van der Waals surface area contributed by atoms with Gasteiger partial charge in [-0.25, -0.2) is 0 Å². The van der Waals surface area contributed by atoms with Crippen LogP contribution >= 0.6 is 0 Å². The van der Waals surface area contributed by atoms with Gasteiger partial charge in [0.15, 0.2) is 5.78 Å². The lowest BCUT2D eigenvalue weighted by Gasteiger charge is -2.06. The summed E-state index contributed by atoms with van der Waals surface area (Å²) in [5, 5.41) is 0. The van der Waals surface area contributed by atoms with E-state index in [9.17, 15) is 24.0 Å². The monoisotopic (exact) mass is 382 g/mol. The fraction of sp³-hybridized carbons (Fsp3) is 0.190. The van der Waals surface area contributed by atoms with Crippen molar-refractivity contribution in [2.75, 3.05) is 0 Å². The minimum Gasteiger partial charge on any atom is -0.426 e. The fourth-order valence-corrected chi connectivity index (χ4v) is 2.26. The van der Waals surface area contributed by atoms with Crippen LogP contribution in [0.4, 0.5) is 0 Å². The Balaban J connectivity index is 2.01. The van der Waals surface area contributed by atoms with E-state index in [1.165, 1.54) is 62.4 Å². The zero-order chi connectivity index (χ0) is 20.7. The first kappa shape index (κ1) is 20.7. The third-order valence-corrected chi connectivity index (χ3v) is 3.48. The predicted molar refractivity (Wildman–Crippen MR) is 98.2 cm³/mol. The van der Waals surface area contributed by atoms with E-state index in [0.29, 0.717) is 11.1 Å². The van der Waals surface area contributed by atoms with Crippen molar-refractivity contribution in [2.45, 2.75) is 26.7 Å². The number of ketones is 3. The maximum absolute atomic E-state index is 12.5. The van der Waals surface area contributed by atoms with Crippen molar-refractivity contribution in [1.82, 2.24) is 0 Å². The molecule has 0 saturated heterocycles. The van der Waals surface area contributed by atoms with E-state index in [0.717, 1.165) is 0 Å². The molecule has 2 rings (SSSR count). The summed E-state index contributed by atoms with van der Waals surface area (Å²) >= 11 is 0. The molecule has 0 aromatic heterocycles. The number of benzene rings is 2. The molecule has 2 aromatic rings. The maximum atomic E-state index is 12.5. The Labute approximate surface area is 161 Å². The van der Waals surface area contributed by atoms with Crippen molar-refractivity contribution < 1.29 is 33.4 Å². The molecule has 0 aliphatic heterocycles. The number of carbonyl (C=O) groups is 5. The fourth-order valence-electron chi connectivity index (χ4n) is 2.26. The zero-order valence-corrected chi connectivity index (χ0v) is 15.4. The highest BCUT2D eigenvalue weighted by Gasteiger charge is 2.13. The second kappa shape index (κ2) is 9.36. The standard InChI is InChI=1S/C21H18O7/c1-13(22)11-19(24)27-17-7-3-15(4-8-17)21(26)16-5-9-18(10-6-16)28-20(25)12-14(2)23/h3-10H,11-12H2,1-2H3. The summed E-state index contributed by atoms with van der Waals surface area (Å²) < 4.78 is 10.0. The topological polar surface area (TPSA) is 104 Å². The van der Waals surface area contributed by atoms with Gasteiger partial charge in [0.2, 0.25) is 0 Å². The van der Waals surface area contributed by atoms with Gasteiger partial charge in [-0.3, -0.25) is 24.0 Å². The molecular weight excluding hydrogens is 364 g/mol. The summed E-state index contributed by atoms with van der Waals surface area (Å²) in [5.74, 6) is -1.74. The van der Waals surface area contributed by atoms with Gasteiger partial charge < -0.3 is 9.47 Å². The number of Topliss-reactive ketones (excluding diaryl/α,β-unsaturated/α-hetero) is 2. The maximum Gasteiger partial charge on any atom is 0.318 e. The van der Waals surface area contributed by atoms with Gasteiger partial charge in [-0.1, -0.05) is 0 Å². The lowest BCUT2D eigenvalue weighted by atomic mass is 10.0. The molecule has 0 aliphatic rings. The van der Waals surface area contributed by atoms with Crippen LogP contribution < -0.4 is 9.47 Å². The van der Waals surface area contributed by atoms with Crippen LogP contribution in [0.15, 0.2) is 48.5 Å². The van der Waals surface area contributed by atoms with E-state index < -0.39 is 11.9 Å². The third-order valence-electron chi connectivity index (χ3n) is 3.48. The number of hydrogen-bond acceptors (Lipinski definition) is 7. The molecular formula is C21H18O7. The molecule has 0 heterocycles. The Kier molecular flexibility index (Phi) is 6.92. The van der Waals surface area contributed by atoms with Gasteiger partial charge in [-0.2, -0.15) is 0 Å². The van der Waals surface area contributed by atoms with Gasteiger partial charge in [0.1, 0.15) is 35.9 Å². The van der Waals surface area contributed by atoms with Crippen molar-refractivity contribution in [3.8, 4) is 11.5 Å². The quantitative estimate of drug-likeness (QED) is 0.299. The highest BCUT2D eigenvalue weighted by molar-refractivity contribution is 6.09. The summed E-state index contributed by atoms with van der Waals surface area (Å²) in [6, 6.07) is 11.8. The molecule has 0 saturated carbocycles. The van der Waals surface area contributed by atoms with Crippen LogP contribution in [0.2, 0.25) is 0 Å². The largest absolute Gasteiger partial charge is 0.426 e. The van der Waals surface area contributed by atoms with Crippen LogP contribution in [0.3, 0.4) is 0 Å². The number of rotatable bonds is 8. The second-order valence-electron chi connectivity index (χ2n) is 6.08. The Morgan fingerprint density at radius 3 is 1.21 bits per heavy atom. The lowest BCUT2D eigenvalue weighted by molar-refractivity contribution is -0.139. The summed E-state index contributed by atoms with van der Waals surface area (Å²) in [6.45, 7) is 2.58. The van der Waals surface area contributed by atoms with Crippen LogP contribution in [0.25, 0.3) is 0 Å². The molecule has 0 N–H and O–H groups in total. The second-order valence-corrected chi connectivity index (χ2v) is 6.08. The van der Waals surface area contributed by atoms with Crippen LogP contribution in [0.1, 0.15) is 42.6 Å². The first-order valence-electron chi connectivity index (χ1n) is 8.39. The third kappa shape index (κ3) is 6.28. The normalized spacial score (nSPS) is 10.1. The lowest BCUT2D eigenvalue weighted by Crippen LogP contribution is -2.12. The van der Waals surface area contributed by atoms with Crippen molar-refractivity contribution in [3.05, 3.63) is 59.7 Å². The predicted octanol–water partition coefficient (Wildman–Crippen LogP) is 2.69. The van der Waals surface area contributed by atoms with Crippen LogP contribution in [-0.4, -0.2) is 29.3 Å². The summed E-state index contributed by atoms with van der Waals surface area (Å²) in [4.78, 5) is 57.2. The SMILES string of the molecule is CC(=O)CC(=O)Oc1ccc(C(=O)c2ccc(OC(=O)CC(C)=O)cc2)cc1. The van der Waals surface area contributed by atoms with Gasteiger partial charge in [0.05, 0.1) is 0 Å². The van der Waals surface area contributed by atoms with E-state index in [-0.39, 0.29) is 41.7 Å². The summed E-state index contributed by atoms with van der Waals surface area (Å²) in [6.07, 6.45) is -0.631. The average molecular weight is 382 g/mol. The molecule has 0 fully saturated rings. The van der Waals surface area contributed by atoms with E-state index in [1.54, 1.807) is 0 Å². The van der Waals surface area contributed by atoms with Gasteiger partial charge in [-0.05, 0) is 62.4 Å². The molecule has 0 unspecified atom stereocenters. The Morgan fingerprint density at radius 2 is 0.929 bits per heavy atom. The molecule has 0 aliphatic carbocycles. The molecule has 0 spiro atoms. The average Bonchev–Trinajstić information content (AvgIpc) is 2.61. The van der Waals surface area contributed by atoms with E-state index in [1.807, 2.05) is 0 Å². The number of carbonyl (C=O) groups excluding carboxylic acids is 5. The van der Waals surface area contributed by atoms with E-state index >= 15 is 0 Å². The van der Waals surface area contributed by atoms with Gasteiger partial charge in [-0.15, -0.1) is 0 Å². The van der Waals surface area contributed by atoms with Gasteiger partial charge >= 0.3 is 11.9 Å². The van der Waals surface area contributed by atoms with Crippen LogP contribution in [0.5, 0.6) is 11.5 Å². The van der Waals surface area contributed by atoms with Crippen molar-refractivity contribution in [3.63, 3.8) is 0 Å². The highest BCUT2D eigenvalue weighted by Crippen LogP contribution is 2.18. The van der Waals surface area contributed by atoms with Crippen molar-refractivity contribution >= 4 is 29.3 Å². The molecule has 0 radical (unpaired) electrons. The Bertz CT molecular complexity index is 833. The molecule has 28 heavy (non-hydrogen) atoms. The van der Waals surface area contributed by atoms with Gasteiger partial charge in [0, 0.05) is 11.1 Å². The van der Waals surface area contributed by atoms with Crippen molar-refractivity contribution in [2.24, 2.45) is 0 Å². The Hall–Kier alpha value is -3.61. The van der Waals surface area contributed by atoms with Crippen LogP contribution in [-0.2, 0) is 19.2 Å². The van der Waals surface area contributed by atoms with E-state index in [4.69, 9.17) is 9.47 Å². The molecule has 144 valence electrons. The molecule has 7 nitrogen and oxygen atoms in total. The first-order chi connectivity index (χ1) is 13.2. The molecule has 0 atom stereocenters. The molecule has 0 amide bonds. The molecule has 0 bridgehead atoms. The minimum absolute atomic E-state index is 0.232. The van der Waals surface area contributed by atoms with Crippen molar-refractivity contribution in [1.29, 1.82) is 0 Å².